The standard InChI is InChI=1S/C13H15F2NO3/c1-13(2,3)16(7-11(17)18)12(19)8-4-9(14)6-10(15)5-8/h4-6H,7H2,1-3H3,(H,17,18). The Morgan fingerprint density at radius 3 is 2.00 bits per heavy atom. The maximum absolute atomic E-state index is 13.1. The minimum Gasteiger partial charge on any atom is -0.480 e. The molecule has 0 aliphatic rings. The average Bonchev–Trinajstić information content (AvgIpc) is 2.21. The Balaban J connectivity index is 3.15. The first kappa shape index (κ1) is 15.1. The molecule has 4 nitrogen and oxygen atoms in total. The molecular formula is C13H15F2NO3. The molecular weight excluding hydrogens is 256 g/mol. The SMILES string of the molecule is CC(C)(C)N(CC(=O)O)C(=O)c1cc(F)cc(F)c1. The molecule has 1 aromatic carbocycles. The Bertz CT molecular complexity index is 489. The van der Waals surface area contributed by atoms with E-state index in [0.29, 0.717) is 6.07 Å². The van der Waals surface area contributed by atoms with Gasteiger partial charge in [0.15, 0.2) is 0 Å². The first-order valence-electron chi connectivity index (χ1n) is 5.61. The van der Waals surface area contributed by atoms with E-state index in [4.69, 9.17) is 5.11 Å². The smallest absolute Gasteiger partial charge is 0.323 e. The molecule has 0 radical (unpaired) electrons. The van der Waals surface area contributed by atoms with Crippen molar-refractivity contribution >= 4 is 11.9 Å². The molecule has 0 aliphatic heterocycles. The van der Waals surface area contributed by atoms with E-state index >= 15 is 0 Å². The van der Waals surface area contributed by atoms with Crippen LogP contribution in [-0.4, -0.2) is 34.0 Å². The van der Waals surface area contributed by atoms with Gasteiger partial charge in [-0.1, -0.05) is 0 Å². The van der Waals surface area contributed by atoms with Gasteiger partial charge in [-0.25, -0.2) is 8.78 Å². The highest BCUT2D eigenvalue weighted by atomic mass is 19.1. The first-order valence-corrected chi connectivity index (χ1v) is 5.61. The number of hydrogen-bond acceptors (Lipinski definition) is 2. The summed E-state index contributed by atoms with van der Waals surface area (Å²) in [6.07, 6.45) is 0. The number of rotatable bonds is 3. The quantitative estimate of drug-likeness (QED) is 0.917. The van der Waals surface area contributed by atoms with Crippen molar-refractivity contribution in [1.29, 1.82) is 0 Å². The monoisotopic (exact) mass is 271 g/mol. The summed E-state index contributed by atoms with van der Waals surface area (Å²) in [5, 5.41) is 8.81. The van der Waals surface area contributed by atoms with Gasteiger partial charge >= 0.3 is 5.97 Å². The minimum absolute atomic E-state index is 0.214. The number of carboxylic acid groups (broad SMARTS) is 1. The number of carbonyl (C=O) groups excluding carboxylic acids is 1. The second-order valence-corrected chi connectivity index (χ2v) is 5.11. The third-order valence-electron chi connectivity index (χ3n) is 2.46. The molecule has 19 heavy (non-hydrogen) atoms. The van der Waals surface area contributed by atoms with Crippen molar-refractivity contribution in [3.63, 3.8) is 0 Å². The van der Waals surface area contributed by atoms with Gasteiger partial charge in [0, 0.05) is 17.2 Å². The molecule has 104 valence electrons. The van der Waals surface area contributed by atoms with Crippen LogP contribution in [0.3, 0.4) is 0 Å². The molecule has 0 heterocycles. The van der Waals surface area contributed by atoms with Crippen molar-refractivity contribution in [2.75, 3.05) is 6.54 Å². The number of carbonyl (C=O) groups is 2. The van der Waals surface area contributed by atoms with E-state index in [1.165, 1.54) is 0 Å². The lowest BCUT2D eigenvalue weighted by atomic mass is 10.0. The van der Waals surface area contributed by atoms with Crippen LogP contribution in [0, 0.1) is 11.6 Å². The van der Waals surface area contributed by atoms with E-state index < -0.39 is 35.6 Å². The van der Waals surface area contributed by atoms with Crippen molar-refractivity contribution in [1.82, 2.24) is 4.90 Å². The van der Waals surface area contributed by atoms with E-state index in [1.54, 1.807) is 20.8 Å². The van der Waals surface area contributed by atoms with E-state index in [2.05, 4.69) is 0 Å². The fourth-order valence-corrected chi connectivity index (χ4v) is 1.58. The molecule has 1 N–H and O–H groups in total. The van der Waals surface area contributed by atoms with Crippen molar-refractivity contribution in [2.45, 2.75) is 26.3 Å². The molecule has 0 aromatic heterocycles. The highest BCUT2D eigenvalue weighted by Gasteiger charge is 2.29. The lowest BCUT2D eigenvalue weighted by molar-refractivity contribution is -0.138. The second kappa shape index (κ2) is 5.34. The Morgan fingerprint density at radius 1 is 1.16 bits per heavy atom. The fraction of sp³-hybridized carbons (Fsp3) is 0.385. The van der Waals surface area contributed by atoms with Gasteiger partial charge in [0.1, 0.15) is 18.2 Å². The molecule has 0 saturated heterocycles. The Hall–Kier alpha value is -1.98. The average molecular weight is 271 g/mol. The third-order valence-corrected chi connectivity index (χ3v) is 2.46. The zero-order valence-electron chi connectivity index (χ0n) is 10.9. The zero-order chi connectivity index (χ0) is 14.8. The number of carboxylic acids is 1. The highest BCUT2D eigenvalue weighted by Crippen LogP contribution is 2.18. The van der Waals surface area contributed by atoms with E-state index in [0.717, 1.165) is 17.0 Å². The molecule has 1 aromatic rings. The normalized spacial score (nSPS) is 11.2. The van der Waals surface area contributed by atoms with Gasteiger partial charge in [-0.15, -0.1) is 0 Å². The zero-order valence-corrected chi connectivity index (χ0v) is 10.9. The maximum atomic E-state index is 13.1. The molecule has 6 heteroatoms. The molecule has 0 fully saturated rings. The largest absolute Gasteiger partial charge is 0.480 e. The maximum Gasteiger partial charge on any atom is 0.323 e. The van der Waals surface area contributed by atoms with E-state index in [1.807, 2.05) is 0 Å². The van der Waals surface area contributed by atoms with Crippen LogP contribution in [0.15, 0.2) is 18.2 Å². The lowest BCUT2D eigenvalue weighted by Gasteiger charge is -2.34. The number of benzene rings is 1. The first-order chi connectivity index (χ1) is 8.61. The van der Waals surface area contributed by atoms with Gasteiger partial charge in [0.2, 0.25) is 0 Å². The molecule has 0 unspecified atom stereocenters. The van der Waals surface area contributed by atoms with Crippen LogP contribution >= 0.6 is 0 Å². The van der Waals surface area contributed by atoms with E-state index in [-0.39, 0.29) is 5.56 Å². The molecule has 0 atom stereocenters. The Labute approximate surface area is 109 Å². The fourth-order valence-electron chi connectivity index (χ4n) is 1.58. The van der Waals surface area contributed by atoms with Gasteiger partial charge < -0.3 is 10.0 Å². The van der Waals surface area contributed by atoms with Gasteiger partial charge in [-0.2, -0.15) is 0 Å². The van der Waals surface area contributed by atoms with Crippen molar-refractivity contribution < 1.29 is 23.5 Å². The Morgan fingerprint density at radius 2 is 1.63 bits per heavy atom. The Kier molecular flexibility index (Phi) is 4.24. The molecule has 0 spiro atoms. The van der Waals surface area contributed by atoms with Gasteiger partial charge in [-0.05, 0) is 32.9 Å². The summed E-state index contributed by atoms with van der Waals surface area (Å²) in [6, 6.07) is 2.41. The summed E-state index contributed by atoms with van der Waals surface area (Å²) in [6.45, 7) is 4.39. The molecule has 0 saturated carbocycles. The number of amides is 1. The summed E-state index contributed by atoms with van der Waals surface area (Å²) in [4.78, 5) is 24.0. The summed E-state index contributed by atoms with van der Waals surface area (Å²) in [5.41, 5.74) is -0.994. The van der Waals surface area contributed by atoms with Crippen LogP contribution in [0.2, 0.25) is 0 Å². The van der Waals surface area contributed by atoms with Crippen molar-refractivity contribution in [3.05, 3.63) is 35.4 Å². The van der Waals surface area contributed by atoms with E-state index in [9.17, 15) is 18.4 Å². The van der Waals surface area contributed by atoms with Gasteiger partial charge in [0.05, 0.1) is 0 Å². The van der Waals surface area contributed by atoms with Crippen LogP contribution in [0.4, 0.5) is 8.78 Å². The van der Waals surface area contributed by atoms with Crippen LogP contribution in [0.5, 0.6) is 0 Å². The summed E-state index contributed by atoms with van der Waals surface area (Å²) in [7, 11) is 0. The topological polar surface area (TPSA) is 57.6 Å². The van der Waals surface area contributed by atoms with Crippen LogP contribution < -0.4 is 0 Å². The lowest BCUT2D eigenvalue weighted by Crippen LogP contribution is -2.48. The van der Waals surface area contributed by atoms with Crippen molar-refractivity contribution in [2.24, 2.45) is 0 Å². The third kappa shape index (κ3) is 4.01. The summed E-state index contributed by atoms with van der Waals surface area (Å²) >= 11 is 0. The predicted molar refractivity (Wildman–Crippen MR) is 64.8 cm³/mol. The number of halogens is 2. The summed E-state index contributed by atoms with van der Waals surface area (Å²) < 4.78 is 26.2. The molecule has 0 aliphatic carbocycles. The van der Waals surface area contributed by atoms with Gasteiger partial charge in [-0.3, -0.25) is 9.59 Å². The number of aliphatic carboxylic acids is 1. The highest BCUT2D eigenvalue weighted by molar-refractivity contribution is 5.96. The second-order valence-electron chi connectivity index (χ2n) is 5.11. The van der Waals surface area contributed by atoms with Crippen molar-refractivity contribution in [3.8, 4) is 0 Å². The molecule has 1 amide bonds. The van der Waals surface area contributed by atoms with Crippen LogP contribution in [0.25, 0.3) is 0 Å². The predicted octanol–water partition coefficient (Wildman–Crippen LogP) is 2.29. The molecule has 1 rings (SSSR count). The minimum atomic E-state index is -1.19. The number of nitrogens with zero attached hydrogens (tertiary/aromatic N) is 1. The number of hydrogen-bond donors (Lipinski definition) is 1. The van der Waals surface area contributed by atoms with Crippen LogP contribution in [0.1, 0.15) is 31.1 Å². The summed E-state index contributed by atoms with van der Waals surface area (Å²) in [5.74, 6) is -3.69. The van der Waals surface area contributed by atoms with Gasteiger partial charge in [0.25, 0.3) is 5.91 Å². The van der Waals surface area contributed by atoms with Crippen LogP contribution in [-0.2, 0) is 4.79 Å². The molecule has 0 bridgehead atoms.